The number of nitrogens with zero attached hydrogens (tertiary/aromatic N) is 1. The van der Waals surface area contributed by atoms with E-state index in [1.807, 2.05) is 0 Å². The quantitative estimate of drug-likeness (QED) is 0.134. The Morgan fingerprint density at radius 3 is 1.14 bits per heavy atom. The van der Waals surface area contributed by atoms with Gasteiger partial charge in [0.1, 0.15) is 0 Å². The van der Waals surface area contributed by atoms with Gasteiger partial charge in [0, 0.05) is 17.1 Å². The van der Waals surface area contributed by atoms with Gasteiger partial charge in [0.05, 0.1) is 0 Å². The van der Waals surface area contributed by atoms with Gasteiger partial charge in [0.25, 0.3) is 0 Å². The van der Waals surface area contributed by atoms with Crippen molar-refractivity contribution in [2.75, 3.05) is 4.90 Å². The van der Waals surface area contributed by atoms with Crippen molar-refractivity contribution in [2.45, 2.75) is 41.5 Å². The Hall–Kier alpha value is -4.66. The maximum Gasteiger partial charge on any atom is 0.179 e. The molecule has 218 valence electrons. The first-order valence-electron chi connectivity index (χ1n) is 15.5. The Morgan fingerprint density at radius 2 is 0.727 bits per heavy atom. The molecule has 0 aromatic heterocycles. The summed E-state index contributed by atoms with van der Waals surface area (Å²) in [7, 11) is -2.62. The van der Waals surface area contributed by atoms with Crippen LogP contribution in [0, 0.1) is 41.5 Å². The lowest BCUT2D eigenvalue weighted by atomic mass is 10.0. The van der Waals surface area contributed by atoms with Gasteiger partial charge in [0.15, 0.2) is 8.07 Å². The lowest BCUT2D eigenvalue weighted by Crippen LogP contribution is -2.74. The Kier molecular flexibility index (Phi) is 8.12. The first-order valence-corrected chi connectivity index (χ1v) is 17.5. The van der Waals surface area contributed by atoms with Gasteiger partial charge in [-0.05, 0) is 97.7 Å². The van der Waals surface area contributed by atoms with E-state index in [0.717, 1.165) is 5.69 Å². The van der Waals surface area contributed by atoms with Crippen LogP contribution in [-0.2, 0) is 0 Å². The van der Waals surface area contributed by atoms with Crippen LogP contribution in [0.4, 0.5) is 17.1 Å². The minimum atomic E-state index is -2.62. The lowest BCUT2D eigenvalue weighted by Gasteiger charge is -2.35. The molecular formula is C42H41NSi. The molecule has 2 heteroatoms. The molecule has 6 aromatic carbocycles. The average molecular weight is 588 g/mol. The van der Waals surface area contributed by atoms with Gasteiger partial charge in [-0.25, -0.2) is 0 Å². The monoisotopic (exact) mass is 587 g/mol. The zero-order valence-corrected chi connectivity index (χ0v) is 27.7. The minimum absolute atomic E-state index is 1.16. The molecule has 0 N–H and O–H groups in total. The summed E-state index contributed by atoms with van der Waals surface area (Å²) in [6.45, 7) is 13.1. The second-order valence-electron chi connectivity index (χ2n) is 12.3. The molecule has 0 aliphatic rings. The smallest absolute Gasteiger partial charge is 0.179 e. The van der Waals surface area contributed by atoms with Crippen molar-refractivity contribution in [1.29, 1.82) is 0 Å². The topological polar surface area (TPSA) is 3.24 Å². The van der Waals surface area contributed by atoms with Crippen LogP contribution in [-0.4, -0.2) is 8.07 Å². The zero-order valence-electron chi connectivity index (χ0n) is 26.7. The number of rotatable bonds is 7. The molecule has 0 radical (unpaired) electrons. The number of hydrogen-bond acceptors (Lipinski definition) is 1. The highest BCUT2D eigenvalue weighted by atomic mass is 28.3. The molecule has 0 atom stereocenters. The van der Waals surface area contributed by atoms with Crippen molar-refractivity contribution in [3.63, 3.8) is 0 Å². The standard InChI is InChI=1S/C42H41NSi/c1-30-12-20-38(21-13-30)44(37-10-8-7-9-11-37,39-22-14-31(2)15-23-39)40-24-18-36(19-25-40)43(41-26-16-32(3)28-34(41)5)42-27-17-33(4)29-35(42)6/h7-29H,1-6H3. The van der Waals surface area contributed by atoms with Crippen LogP contribution in [0.2, 0.25) is 0 Å². The van der Waals surface area contributed by atoms with E-state index < -0.39 is 8.07 Å². The van der Waals surface area contributed by atoms with E-state index in [0.29, 0.717) is 0 Å². The SMILES string of the molecule is Cc1ccc([Si](c2ccccc2)(c2ccc(C)cc2)c2ccc(N(c3ccc(C)cc3C)c3ccc(C)cc3C)cc2)cc1. The van der Waals surface area contributed by atoms with Gasteiger partial charge in [-0.15, -0.1) is 0 Å². The van der Waals surface area contributed by atoms with Crippen molar-refractivity contribution in [3.05, 3.63) is 173 Å². The number of aryl methyl sites for hydroxylation is 6. The molecule has 0 aliphatic carbocycles. The summed E-state index contributed by atoms with van der Waals surface area (Å²) in [5.74, 6) is 0. The van der Waals surface area contributed by atoms with Crippen molar-refractivity contribution in [1.82, 2.24) is 0 Å². The number of benzene rings is 6. The molecule has 0 saturated carbocycles. The van der Waals surface area contributed by atoms with Crippen LogP contribution in [0.5, 0.6) is 0 Å². The second-order valence-corrected chi connectivity index (χ2v) is 16.1. The number of hydrogen-bond donors (Lipinski definition) is 0. The zero-order chi connectivity index (χ0) is 30.8. The number of anilines is 3. The predicted octanol–water partition coefficient (Wildman–Crippen LogP) is 8.38. The molecule has 44 heavy (non-hydrogen) atoms. The molecule has 0 aliphatic heterocycles. The van der Waals surface area contributed by atoms with E-state index in [-0.39, 0.29) is 0 Å². The van der Waals surface area contributed by atoms with E-state index in [1.54, 1.807) is 0 Å². The van der Waals surface area contributed by atoms with E-state index >= 15 is 0 Å². The fourth-order valence-corrected chi connectivity index (χ4v) is 11.4. The summed E-state index contributed by atoms with van der Waals surface area (Å²) in [6, 6.07) is 52.7. The van der Waals surface area contributed by atoms with Crippen molar-refractivity contribution in [3.8, 4) is 0 Å². The normalized spacial score (nSPS) is 11.4. The maximum atomic E-state index is 2.43. The molecule has 0 saturated heterocycles. The highest BCUT2D eigenvalue weighted by Gasteiger charge is 2.41. The molecule has 0 spiro atoms. The first kappa shape index (κ1) is 29.4. The third-order valence-electron chi connectivity index (χ3n) is 8.92. The van der Waals surface area contributed by atoms with Gasteiger partial charge >= 0.3 is 0 Å². The summed E-state index contributed by atoms with van der Waals surface area (Å²) in [4.78, 5) is 2.43. The van der Waals surface area contributed by atoms with Crippen LogP contribution in [0.15, 0.2) is 140 Å². The second kappa shape index (κ2) is 12.1. The van der Waals surface area contributed by atoms with Gasteiger partial charge < -0.3 is 4.90 Å². The van der Waals surface area contributed by atoms with Gasteiger partial charge in [-0.1, -0.05) is 138 Å². The van der Waals surface area contributed by atoms with Crippen molar-refractivity contribution >= 4 is 45.9 Å². The molecule has 0 fully saturated rings. The molecule has 6 aromatic rings. The Balaban J connectivity index is 1.60. The van der Waals surface area contributed by atoms with Gasteiger partial charge in [-0.2, -0.15) is 0 Å². The van der Waals surface area contributed by atoms with Crippen molar-refractivity contribution < 1.29 is 0 Å². The highest BCUT2D eigenvalue weighted by Crippen LogP contribution is 2.38. The molecule has 6 rings (SSSR count). The highest BCUT2D eigenvalue weighted by molar-refractivity contribution is 7.19. The van der Waals surface area contributed by atoms with Crippen LogP contribution in [0.25, 0.3) is 0 Å². The molecular weight excluding hydrogens is 547 g/mol. The molecule has 0 heterocycles. The average Bonchev–Trinajstić information content (AvgIpc) is 3.02. The Labute approximate surface area is 264 Å². The van der Waals surface area contributed by atoms with Gasteiger partial charge in [-0.3, -0.25) is 0 Å². The Bertz CT molecular complexity index is 1790. The van der Waals surface area contributed by atoms with Crippen LogP contribution >= 0.6 is 0 Å². The van der Waals surface area contributed by atoms with Crippen LogP contribution < -0.4 is 25.6 Å². The summed E-state index contributed by atoms with van der Waals surface area (Å²) < 4.78 is 0. The fourth-order valence-electron chi connectivity index (χ4n) is 6.68. The van der Waals surface area contributed by atoms with E-state index in [4.69, 9.17) is 0 Å². The Morgan fingerprint density at radius 1 is 0.364 bits per heavy atom. The third kappa shape index (κ3) is 5.42. The summed E-state index contributed by atoms with van der Waals surface area (Å²) >= 11 is 0. The molecule has 0 bridgehead atoms. The predicted molar refractivity (Wildman–Crippen MR) is 193 cm³/mol. The largest absolute Gasteiger partial charge is 0.310 e. The van der Waals surface area contributed by atoms with Crippen LogP contribution in [0.3, 0.4) is 0 Å². The first-order chi connectivity index (χ1) is 21.3. The van der Waals surface area contributed by atoms with Crippen LogP contribution in [0.1, 0.15) is 33.4 Å². The lowest BCUT2D eigenvalue weighted by molar-refractivity contribution is 1.21. The summed E-state index contributed by atoms with van der Waals surface area (Å²) in [5, 5.41) is 5.56. The maximum absolute atomic E-state index is 2.62. The third-order valence-corrected chi connectivity index (χ3v) is 13.7. The molecule has 0 amide bonds. The molecule has 1 nitrogen and oxygen atoms in total. The fraction of sp³-hybridized carbons (Fsp3) is 0.143. The van der Waals surface area contributed by atoms with E-state index in [9.17, 15) is 0 Å². The van der Waals surface area contributed by atoms with E-state index in [1.165, 1.54) is 65.5 Å². The minimum Gasteiger partial charge on any atom is -0.310 e. The van der Waals surface area contributed by atoms with Crippen molar-refractivity contribution in [2.24, 2.45) is 0 Å². The molecule has 0 unspecified atom stereocenters. The van der Waals surface area contributed by atoms with Gasteiger partial charge in [0.2, 0.25) is 0 Å². The summed E-state index contributed by atoms with van der Waals surface area (Å²) in [6.07, 6.45) is 0. The summed E-state index contributed by atoms with van der Waals surface area (Å²) in [5.41, 5.74) is 11.2. The van der Waals surface area contributed by atoms with E-state index in [2.05, 4.69) is 186 Å².